The Morgan fingerprint density at radius 1 is 1.32 bits per heavy atom. The minimum Gasteiger partial charge on any atom is -0.387 e. The van der Waals surface area contributed by atoms with E-state index in [1.54, 1.807) is 0 Å². The fraction of sp³-hybridized carbons (Fsp3) is 0.467. The van der Waals surface area contributed by atoms with Gasteiger partial charge in [0.1, 0.15) is 24.3 Å². The second-order valence-corrected chi connectivity index (χ2v) is 12.5. The zero-order valence-corrected chi connectivity index (χ0v) is 22.0. The Morgan fingerprint density at radius 2 is 1.95 bits per heavy atom. The summed E-state index contributed by atoms with van der Waals surface area (Å²) in [5, 5.41) is 10.3. The summed E-state index contributed by atoms with van der Waals surface area (Å²) in [6, 6.07) is 0. The molecule has 23 heteroatoms. The second-order valence-electron chi connectivity index (χ2n) is 7.54. The van der Waals surface area contributed by atoms with Crippen LogP contribution in [0.25, 0.3) is 11.0 Å². The smallest absolute Gasteiger partial charge is 0.387 e. The third-order valence-corrected chi connectivity index (χ3v) is 9.25. The van der Waals surface area contributed by atoms with Crippen LogP contribution >= 0.6 is 35.1 Å². The number of nitrogens with two attached hydrogens (primary N) is 1. The lowest BCUT2D eigenvalue weighted by Gasteiger charge is -2.26. The van der Waals surface area contributed by atoms with Gasteiger partial charge in [-0.25, -0.2) is 22.5 Å². The number of rotatable bonds is 8. The topological polar surface area (TPSA) is 266 Å². The van der Waals surface area contributed by atoms with E-state index in [-0.39, 0.29) is 0 Å². The van der Waals surface area contributed by atoms with Crippen LogP contribution in [-0.2, 0) is 31.6 Å². The van der Waals surface area contributed by atoms with Gasteiger partial charge >= 0.3 is 23.5 Å². The SMILES string of the molecule is C[C@H](OP(=O)(O)OP(=O)(O)OP(=O)(O)O)[C@H]1O[C@@H](n2cc(F)c3c(=O)[nH]c(N)nc32)C(Cl)(C#CCF)[C@H]1O. The number of nitrogen functional groups attached to an aromatic ring is 1. The van der Waals surface area contributed by atoms with Crippen molar-refractivity contribution in [2.75, 3.05) is 12.4 Å². The third-order valence-electron chi connectivity index (χ3n) is 4.82. The summed E-state index contributed by atoms with van der Waals surface area (Å²) >= 11 is 6.47. The quantitative estimate of drug-likeness (QED) is 0.118. The standard InChI is InChI=1S/C15H18ClF2N4O13P3/c1-6(33-37(28,29)35-38(30,31)34-36(25,26)27)9-10(23)15(16,3-2-4-17)13(32-9)22-5-7(18)8-11(22)20-14(19)21-12(8)24/h5-6,9-10,13,23H,4H2,1H3,(H,28,29)(H,30,31)(H2,25,26,27)(H3,19,20,21,24)/t6-,9+,10-,13+,15?/m0/s1. The minimum atomic E-state index is -5.87. The van der Waals surface area contributed by atoms with Crippen molar-refractivity contribution in [3.8, 4) is 11.8 Å². The highest BCUT2D eigenvalue weighted by atomic mass is 35.5. The molecule has 3 unspecified atom stereocenters. The normalized spacial score (nSPS) is 27.9. The molecule has 1 aliphatic heterocycles. The molecule has 2 aromatic heterocycles. The van der Waals surface area contributed by atoms with Crippen LogP contribution in [0.2, 0.25) is 0 Å². The molecule has 1 aliphatic rings. The van der Waals surface area contributed by atoms with Crippen molar-refractivity contribution in [3.05, 3.63) is 22.4 Å². The Hall–Kier alpha value is -1.74. The molecule has 3 heterocycles. The lowest BCUT2D eigenvalue weighted by Crippen LogP contribution is -2.43. The molecule has 8 N–H and O–H groups in total. The molecular formula is C15H18ClF2N4O13P3. The number of aromatic amines is 1. The van der Waals surface area contributed by atoms with Crippen molar-refractivity contribution in [2.45, 2.75) is 36.3 Å². The van der Waals surface area contributed by atoms with Crippen LogP contribution in [0.1, 0.15) is 13.2 Å². The van der Waals surface area contributed by atoms with Gasteiger partial charge < -0.3 is 35.2 Å². The van der Waals surface area contributed by atoms with E-state index >= 15 is 0 Å². The number of phosphoric acid groups is 3. The molecule has 0 spiro atoms. The van der Waals surface area contributed by atoms with Crippen LogP contribution < -0.4 is 11.3 Å². The Balaban J connectivity index is 1.99. The number of hydrogen-bond acceptors (Lipinski definition) is 11. The number of phosphoric ester groups is 1. The van der Waals surface area contributed by atoms with E-state index in [9.17, 15) is 42.2 Å². The van der Waals surface area contributed by atoms with Gasteiger partial charge in [0.2, 0.25) is 5.95 Å². The number of aliphatic hydroxyl groups excluding tert-OH is 1. The average molecular weight is 629 g/mol. The minimum absolute atomic E-state index is 0.436. The molecule has 1 fully saturated rings. The summed E-state index contributed by atoms with van der Waals surface area (Å²) in [5.41, 5.74) is 4.09. The van der Waals surface area contributed by atoms with Gasteiger partial charge in [0.25, 0.3) is 5.56 Å². The van der Waals surface area contributed by atoms with Crippen LogP contribution in [0.3, 0.4) is 0 Å². The second kappa shape index (κ2) is 10.7. The molecule has 2 aromatic rings. The summed E-state index contributed by atoms with van der Waals surface area (Å²) in [5.74, 6) is 2.57. The first-order chi connectivity index (χ1) is 17.3. The van der Waals surface area contributed by atoms with Crippen molar-refractivity contribution < 1.29 is 65.0 Å². The van der Waals surface area contributed by atoms with Crippen molar-refractivity contribution in [1.82, 2.24) is 14.5 Å². The Morgan fingerprint density at radius 3 is 2.53 bits per heavy atom. The molecule has 0 saturated carbocycles. The maximum atomic E-state index is 14.6. The maximum Gasteiger partial charge on any atom is 0.490 e. The number of nitrogens with zero attached hydrogens (tertiary/aromatic N) is 2. The number of hydrogen-bond donors (Lipinski definition) is 7. The summed E-state index contributed by atoms with van der Waals surface area (Å²) < 4.78 is 80.3. The molecule has 0 aromatic carbocycles. The van der Waals surface area contributed by atoms with Gasteiger partial charge in [0.15, 0.2) is 22.6 Å². The highest BCUT2D eigenvalue weighted by Crippen LogP contribution is 2.66. The number of halogens is 3. The monoisotopic (exact) mass is 628 g/mol. The molecule has 0 radical (unpaired) electrons. The Bertz CT molecular complexity index is 1500. The average Bonchev–Trinajstić information content (AvgIpc) is 3.17. The number of aromatic nitrogens is 3. The van der Waals surface area contributed by atoms with E-state index in [0.717, 1.165) is 11.5 Å². The van der Waals surface area contributed by atoms with Crippen molar-refractivity contribution in [3.63, 3.8) is 0 Å². The van der Waals surface area contributed by atoms with E-state index in [2.05, 4.69) is 29.0 Å². The van der Waals surface area contributed by atoms with E-state index in [1.807, 2.05) is 5.92 Å². The van der Waals surface area contributed by atoms with E-state index < -0.39 is 87.9 Å². The number of anilines is 1. The lowest BCUT2D eigenvalue weighted by atomic mass is 9.96. The van der Waals surface area contributed by atoms with E-state index in [4.69, 9.17) is 31.9 Å². The summed E-state index contributed by atoms with van der Waals surface area (Å²) in [4.78, 5) is 52.0. The Labute approximate surface area is 214 Å². The van der Waals surface area contributed by atoms with Crippen LogP contribution in [0.5, 0.6) is 0 Å². The highest BCUT2D eigenvalue weighted by Gasteiger charge is 2.58. The zero-order chi connectivity index (χ0) is 28.8. The fourth-order valence-corrected chi connectivity index (χ4v) is 7.07. The fourth-order valence-electron chi connectivity index (χ4n) is 3.52. The summed E-state index contributed by atoms with van der Waals surface area (Å²) in [6.07, 6.45) is -6.73. The molecule has 1 saturated heterocycles. The number of H-pyrrole nitrogens is 1. The first-order valence-corrected chi connectivity index (χ1v) is 14.7. The molecule has 3 rings (SSSR count). The molecule has 38 heavy (non-hydrogen) atoms. The van der Waals surface area contributed by atoms with Gasteiger partial charge in [0.05, 0.1) is 6.10 Å². The Kier molecular flexibility index (Phi) is 8.65. The first kappa shape index (κ1) is 30.8. The largest absolute Gasteiger partial charge is 0.490 e. The number of alkyl halides is 2. The zero-order valence-electron chi connectivity index (χ0n) is 18.5. The molecule has 0 amide bonds. The predicted octanol–water partition coefficient (Wildman–Crippen LogP) is 0.386. The number of nitrogens with one attached hydrogen (secondary N) is 1. The van der Waals surface area contributed by atoms with Gasteiger partial charge in [0, 0.05) is 6.20 Å². The third kappa shape index (κ3) is 6.52. The number of aliphatic hydroxyl groups is 1. The van der Waals surface area contributed by atoms with Crippen molar-refractivity contribution in [1.29, 1.82) is 0 Å². The molecule has 0 bridgehead atoms. The molecule has 17 nitrogen and oxygen atoms in total. The van der Waals surface area contributed by atoms with Crippen LogP contribution in [0, 0.1) is 17.7 Å². The van der Waals surface area contributed by atoms with Crippen molar-refractivity contribution in [2.24, 2.45) is 0 Å². The highest BCUT2D eigenvalue weighted by molar-refractivity contribution is 7.66. The van der Waals surface area contributed by atoms with Gasteiger partial charge in [-0.3, -0.25) is 18.9 Å². The van der Waals surface area contributed by atoms with Crippen LogP contribution in [-0.4, -0.2) is 69.1 Å². The van der Waals surface area contributed by atoms with Crippen LogP contribution in [0.15, 0.2) is 11.0 Å². The molecule has 7 atom stereocenters. The van der Waals surface area contributed by atoms with Gasteiger partial charge in [-0.2, -0.15) is 13.6 Å². The number of ether oxygens (including phenoxy) is 1. The van der Waals surface area contributed by atoms with Crippen molar-refractivity contribution >= 4 is 52.1 Å². The lowest BCUT2D eigenvalue weighted by molar-refractivity contribution is -0.0728. The molecule has 212 valence electrons. The molecular weight excluding hydrogens is 611 g/mol. The van der Waals surface area contributed by atoms with E-state index in [1.165, 1.54) is 0 Å². The summed E-state index contributed by atoms with van der Waals surface area (Å²) in [7, 11) is -17.2. The van der Waals surface area contributed by atoms with Gasteiger partial charge in [-0.15, -0.1) is 0 Å². The van der Waals surface area contributed by atoms with Gasteiger partial charge in [-0.05, 0) is 6.92 Å². The first-order valence-electron chi connectivity index (χ1n) is 9.76. The molecule has 0 aliphatic carbocycles. The van der Waals surface area contributed by atoms with Gasteiger partial charge in [-0.1, -0.05) is 23.4 Å². The number of fused-ring (bicyclic) bond motifs is 1. The predicted molar refractivity (Wildman–Crippen MR) is 121 cm³/mol. The maximum absolute atomic E-state index is 14.6. The summed E-state index contributed by atoms with van der Waals surface area (Å²) in [6.45, 7) is -0.300. The van der Waals surface area contributed by atoms with E-state index in [0.29, 0.717) is 6.20 Å². The van der Waals surface area contributed by atoms with Crippen LogP contribution in [0.4, 0.5) is 14.7 Å².